The maximum absolute atomic E-state index is 10.8. The van der Waals surface area contributed by atoms with Gasteiger partial charge in [0.05, 0.1) is 6.10 Å². The second-order valence-corrected chi connectivity index (χ2v) is 4.29. The fourth-order valence-electron chi connectivity index (χ4n) is 2.03. The number of nitro groups is 1. The van der Waals surface area contributed by atoms with Gasteiger partial charge in [0.15, 0.2) is 0 Å². The van der Waals surface area contributed by atoms with E-state index in [1.165, 1.54) is 6.33 Å². The molecule has 0 saturated carbocycles. The first-order valence-corrected chi connectivity index (χ1v) is 5.60. The molecule has 1 N–H and O–H groups in total. The van der Waals surface area contributed by atoms with Gasteiger partial charge in [0.1, 0.15) is 0 Å². The number of imidazole rings is 1. The molecule has 1 fully saturated rings. The Balaban J connectivity index is 2.03. The van der Waals surface area contributed by atoms with Crippen molar-refractivity contribution in [3.05, 3.63) is 16.4 Å². The molecule has 0 spiro atoms. The van der Waals surface area contributed by atoms with E-state index in [-0.39, 0.29) is 11.9 Å². The van der Waals surface area contributed by atoms with Crippen LogP contribution in [0.25, 0.3) is 0 Å². The van der Waals surface area contributed by atoms with Crippen LogP contribution in [-0.2, 0) is 11.8 Å². The van der Waals surface area contributed by atoms with Crippen LogP contribution in [0.3, 0.4) is 0 Å². The topological polar surface area (TPSA) is 82.2 Å². The van der Waals surface area contributed by atoms with E-state index in [4.69, 9.17) is 4.74 Å². The van der Waals surface area contributed by atoms with Crippen molar-refractivity contribution in [1.29, 1.82) is 0 Å². The lowest BCUT2D eigenvalue weighted by molar-refractivity contribution is -0.388. The van der Waals surface area contributed by atoms with Crippen molar-refractivity contribution in [3.63, 3.8) is 0 Å². The number of hydrogen-bond donors (Lipinski definition) is 1. The van der Waals surface area contributed by atoms with Crippen LogP contribution in [0.1, 0.15) is 13.3 Å². The lowest BCUT2D eigenvalue weighted by Crippen LogP contribution is -2.21. The Kier molecular flexibility index (Phi) is 3.28. The molecule has 2 unspecified atom stereocenters. The Morgan fingerprint density at radius 2 is 2.53 bits per heavy atom. The van der Waals surface area contributed by atoms with Crippen molar-refractivity contribution in [1.82, 2.24) is 9.55 Å². The summed E-state index contributed by atoms with van der Waals surface area (Å²) in [7, 11) is 1.73. The Labute approximate surface area is 98.9 Å². The van der Waals surface area contributed by atoms with Crippen LogP contribution in [0, 0.1) is 16.0 Å². The largest absolute Gasteiger partial charge is 0.406 e. The number of nitrogens with one attached hydrogen (secondary N) is 1. The summed E-state index contributed by atoms with van der Waals surface area (Å²) in [4.78, 5) is 14.0. The highest BCUT2D eigenvalue weighted by Gasteiger charge is 2.26. The van der Waals surface area contributed by atoms with Crippen molar-refractivity contribution in [2.24, 2.45) is 13.0 Å². The lowest BCUT2D eigenvalue weighted by Gasteiger charge is -2.15. The van der Waals surface area contributed by atoms with E-state index in [2.05, 4.69) is 10.3 Å². The predicted molar refractivity (Wildman–Crippen MR) is 61.9 cm³/mol. The molecule has 2 rings (SSSR count). The normalized spacial score (nSPS) is 23.9. The monoisotopic (exact) mass is 240 g/mol. The average Bonchev–Trinajstić information content (AvgIpc) is 2.82. The Morgan fingerprint density at radius 3 is 3.12 bits per heavy atom. The summed E-state index contributed by atoms with van der Waals surface area (Å²) in [6, 6.07) is 0. The third-order valence-corrected chi connectivity index (χ3v) is 3.16. The van der Waals surface area contributed by atoms with E-state index < -0.39 is 4.92 Å². The molecule has 7 heteroatoms. The first-order chi connectivity index (χ1) is 8.09. The first-order valence-electron chi connectivity index (χ1n) is 5.60. The van der Waals surface area contributed by atoms with Gasteiger partial charge < -0.3 is 20.2 Å². The van der Waals surface area contributed by atoms with Gasteiger partial charge in [-0.25, -0.2) is 0 Å². The predicted octanol–water partition coefficient (Wildman–Crippen LogP) is 1.17. The number of anilines is 1. The van der Waals surface area contributed by atoms with Gasteiger partial charge in [-0.05, 0) is 23.3 Å². The van der Waals surface area contributed by atoms with Crippen LogP contribution in [-0.4, -0.2) is 33.7 Å². The Morgan fingerprint density at radius 1 is 1.76 bits per heavy atom. The third-order valence-electron chi connectivity index (χ3n) is 3.16. The highest BCUT2D eigenvalue weighted by atomic mass is 16.6. The van der Waals surface area contributed by atoms with Crippen molar-refractivity contribution in [2.45, 2.75) is 19.4 Å². The Hall–Kier alpha value is -1.63. The molecule has 2 atom stereocenters. The standard InChI is InChI=1S/C10H16N4O3/c1-7-8(3-4-17-7)5-11-9-10(14(15)16)12-6-13(9)2/h6-8,11H,3-5H2,1-2H3. The van der Waals surface area contributed by atoms with Gasteiger partial charge in [0, 0.05) is 26.1 Å². The molecule has 0 radical (unpaired) electrons. The van der Waals surface area contributed by atoms with E-state index in [1.54, 1.807) is 11.6 Å². The quantitative estimate of drug-likeness (QED) is 0.631. The van der Waals surface area contributed by atoms with Gasteiger partial charge in [-0.2, -0.15) is 0 Å². The average molecular weight is 240 g/mol. The minimum Gasteiger partial charge on any atom is -0.378 e. The maximum Gasteiger partial charge on any atom is 0.406 e. The van der Waals surface area contributed by atoms with Crippen LogP contribution in [0.5, 0.6) is 0 Å². The SMILES string of the molecule is CC1OCCC1CNc1c([N+](=O)[O-])ncn1C. The summed E-state index contributed by atoms with van der Waals surface area (Å²) in [6.07, 6.45) is 2.63. The van der Waals surface area contributed by atoms with Crippen LogP contribution in [0.4, 0.5) is 11.6 Å². The van der Waals surface area contributed by atoms with Gasteiger partial charge in [-0.15, -0.1) is 0 Å². The summed E-state index contributed by atoms with van der Waals surface area (Å²) < 4.78 is 7.07. The molecule has 0 amide bonds. The Bertz CT molecular complexity index is 418. The summed E-state index contributed by atoms with van der Waals surface area (Å²) in [5, 5.41) is 13.9. The summed E-state index contributed by atoms with van der Waals surface area (Å²) >= 11 is 0. The van der Waals surface area contributed by atoms with Crippen LogP contribution in [0.15, 0.2) is 6.33 Å². The number of aryl methyl sites for hydroxylation is 1. The number of aromatic nitrogens is 2. The molecule has 2 heterocycles. The molecule has 17 heavy (non-hydrogen) atoms. The van der Waals surface area contributed by atoms with E-state index in [9.17, 15) is 10.1 Å². The van der Waals surface area contributed by atoms with Gasteiger partial charge in [-0.3, -0.25) is 4.57 Å². The minimum atomic E-state index is -0.475. The third kappa shape index (κ3) is 2.38. The molecular formula is C10H16N4O3. The highest BCUT2D eigenvalue weighted by Crippen LogP contribution is 2.24. The summed E-state index contributed by atoms with van der Waals surface area (Å²) in [5.74, 6) is 0.720. The van der Waals surface area contributed by atoms with Crippen LogP contribution < -0.4 is 5.32 Å². The fourth-order valence-corrected chi connectivity index (χ4v) is 2.03. The van der Waals surface area contributed by atoms with Gasteiger partial charge in [0.2, 0.25) is 12.1 Å². The van der Waals surface area contributed by atoms with E-state index in [0.29, 0.717) is 18.3 Å². The molecule has 0 aliphatic carbocycles. The smallest absolute Gasteiger partial charge is 0.378 e. The molecule has 0 bridgehead atoms. The van der Waals surface area contributed by atoms with Gasteiger partial charge in [0.25, 0.3) is 0 Å². The first kappa shape index (κ1) is 11.8. The zero-order valence-corrected chi connectivity index (χ0v) is 9.92. The van der Waals surface area contributed by atoms with E-state index in [1.807, 2.05) is 6.92 Å². The second kappa shape index (κ2) is 4.70. The van der Waals surface area contributed by atoms with E-state index in [0.717, 1.165) is 13.0 Å². The molecule has 94 valence electrons. The molecule has 1 saturated heterocycles. The van der Waals surface area contributed by atoms with Gasteiger partial charge >= 0.3 is 5.82 Å². The zero-order chi connectivity index (χ0) is 12.4. The zero-order valence-electron chi connectivity index (χ0n) is 9.92. The number of hydrogen-bond acceptors (Lipinski definition) is 5. The van der Waals surface area contributed by atoms with E-state index >= 15 is 0 Å². The molecule has 1 aliphatic heterocycles. The molecule has 1 aromatic heterocycles. The number of rotatable bonds is 4. The van der Waals surface area contributed by atoms with Crippen molar-refractivity contribution in [2.75, 3.05) is 18.5 Å². The fraction of sp³-hybridized carbons (Fsp3) is 0.700. The minimum absolute atomic E-state index is 0.126. The van der Waals surface area contributed by atoms with Crippen LogP contribution >= 0.6 is 0 Å². The molecule has 1 aromatic rings. The summed E-state index contributed by atoms with van der Waals surface area (Å²) in [6.45, 7) is 3.46. The van der Waals surface area contributed by atoms with Gasteiger partial charge in [-0.1, -0.05) is 0 Å². The number of nitrogens with zero attached hydrogens (tertiary/aromatic N) is 3. The van der Waals surface area contributed by atoms with Crippen molar-refractivity contribution >= 4 is 11.6 Å². The van der Waals surface area contributed by atoms with Crippen LogP contribution in [0.2, 0.25) is 0 Å². The molecular weight excluding hydrogens is 224 g/mol. The molecule has 0 aromatic carbocycles. The van der Waals surface area contributed by atoms with Crippen molar-refractivity contribution in [3.8, 4) is 0 Å². The second-order valence-electron chi connectivity index (χ2n) is 4.29. The lowest BCUT2D eigenvalue weighted by atomic mass is 10.0. The summed E-state index contributed by atoms with van der Waals surface area (Å²) in [5.41, 5.74) is 0. The number of ether oxygens (including phenoxy) is 1. The molecule has 7 nitrogen and oxygen atoms in total. The highest BCUT2D eigenvalue weighted by molar-refractivity contribution is 5.51. The molecule has 1 aliphatic rings. The van der Waals surface area contributed by atoms with Crippen molar-refractivity contribution < 1.29 is 9.66 Å². The maximum atomic E-state index is 10.8.